The Kier molecular flexibility index (Phi) is 5.16. The van der Waals surface area contributed by atoms with Crippen molar-refractivity contribution in [2.45, 2.75) is 12.8 Å². The monoisotopic (exact) mass is 391 g/mol. The van der Waals surface area contributed by atoms with Crippen LogP contribution in [-0.2, 0) is 9.59 Å². The van der Waals surface area contributed by atoms with Crippen molar-refractivity contribution in [2.24, 2.45) is 11.8 Å². The third-order valence-corrected chi connectivity index (χ3v) is 5.37. The number of rotatable bonds is 6. The molecule has 2 atom stereocenters. The summed E-state index contributed by atoms with van der Waals surface area (Å²) in [6.45, 7) is -0.146. The first-order valence-electron chi connectivity index (χ1n) is 9.51. The number of benzene rings is 2. The molecule has 29 heavy (non-hydrogen) atoms. The number of methoxy groups -OCH3 is 1. The molecule has 0 N–H and O–H groups in total. The Balaban J connectivity index is 1.45. The Morgan fingerprint density at radius 1 is 0.966 bits per heavy atom. The summed E-state index contributed by atoms with van der Waals surface area (Å²) >= 11 is 0. The molecule has 148 valence electrons. The number of Topliss-reactive ketones (excluding diaryl/α,β-unsaturated/α-hetero) is 1. The number of ether oxygens (including phenoxy) is 2. The Hall–Kier alpha value is -3.41. The van der Waals surface area contributed by atoms with Gasteiger partial charge in [-0.25, -0.2) is 4.90 Å². The van der Waals surface area contributed by atoms with Crippen LogP contribution >= 0.6 is 0 Å². The summed E-state index contributed by atoms with van der Waals surface area (Å²) in [4.78, 5) is 39.1. The number of hydrogen-bond acceptors (Lipinski definition) is 5. The van der Waals surface area contributed by atoms with E-state index in [1.165, 1.54) is 4.90 Å². The molecule has 0 aromatic heterocycles. The number of carbonyl (C=O) groups excluding carboxylic acids is 3. The molecular formula is C23H21NO5. The number of amides is 2. The van der Waals surface area contributed by atoms with Gasteiger partial charge in [0.05, 0.1) is 24.6 Å². The minimum atomic E-state index is -0.284. The van der Waals surface area contributed by atoms with Gasteiger partial charge < -0.3 is 9.47 Å². The van der Waals surface area contributed by atoms with Gasteiger partial charge in [-0.1, -0.05) is 18.2 Å². The molecule has 1 heterocycles. The summed E-state index contributed by atoms with van der Waals surface area (Å²) in [6, 6.07) is 13.5. The van der Waals surface area contributed by atoms with Crippen molar-refractivity contribution in [1.82, 2.24) is 0 Å². The van der Waals surface area contributed by atoms with Gasteiger partial charge >= 0.3 is 0 Å². The lowest BCUT2D eigenvalue weighted by molar-refractivity contribution is -0.122. The van der Waals surface area contributed by atoms with Crippen molar-refractivity contribution in [3.05, 3.63) is 66.2 Å². The largest absolute Gasteiger partial charge is 0.497 e. The van der Waals surface area contributed by atoms with Crippen LogP contribution in [0.3, 0.4) is 0 Å². The minimum absolute atomic E-state index is 0.146. The predicted molar refractivity (Wildman–Crippen MR) is 107 cm³/mol. The van der Waals surface area contributed by atoms with Crippen molar-refractivity contribution in [3.8, 4) is 11.5 Å². The van der Waals surface area contributed by atoms with Gasteiger partial charge in [-0.05, 0) is 49.2 Å². The molecule has 4 rings (SSSR count). The predicted octanol–water partition coefficient (Wildman–Crippen LogP) is 3.41. The molecule has 2 amide bonds. The van der Waals surface area contributed by atoms with Crippen LogP contribution in [0.4, 0.5) is 5.69 Å². The third kappa shape index (κ3) is 3.66. The fraction of sp³-hybridized carbons (Fsp3) is 0.261. The Morgan fingerprint density at radius 2 is 1.62 bits per heavy atom. The quantitative estimate of drug-likeness (QED) is 0.429. The molecule has 6 heteroatoms. The zero-order chi connectivity index (χ0) is 20.4. The SMILES string of the molecule is COc1ccc(C(=O)COc2cccc(N3C(=O)[C@H]4CC=CC[C@H]4C3=O)c2)cc1. The second kappa shape index (κ2) is 7.91. The van der Waals surface area contributed by atoms with Gasteiger partial charge in [0.15, 0.2) is 12.4 Å². The lowest BCUT2D eigenvalue weighted by Crippen LogP contribution is -2.30. The van der Waals surface area contributed by atoms with Gasteiger partial charge in [-0.2, -0.15) is 0 Å². The molecule has 0 unspecified atom stereocenters. The van der Waals surface area contributed by atoms with Crippen molar-refractivity contribution in [1.29, 1.82) is 0 Å². The fourth-order valence-corrected chi connectivity index (χ4v) is 3.78. The topological polar surface area (TPSA) is 72.9 Å². The normalized spacial score (nSPS) is 20.5. The van der Waals surface area contributed by atoms with E-state index >= 15 is 0 Å². The Morgan fingerprint density at radius 3 is 2.24 bits per heavy atom. The first-order valence-corrected chi connectivity index (χ1v) is 9.51. The molecule has 1 aliphatic carbocycles. The van der Waals surface area contributed by atoms with E-state index in [2.05, 4.69) is 0 Å². The molecule has 0 saturated carbocycles. The molecule has 2 aliphatic rings. The molecule has 2 aromatic rings. The van der Waals surface area contributed by atoms with Crippen LogP contribution in [0.15, 0.2) is 60.7 Å². The van der Waals surface area contributed by atoms with Gasteiger partial charge in [0.1, 0.15) is 11.5 Å². The van der Waals surface area contributed by atoms with Crippen LogP contribution in [0, 0.1) is 11.8 Å². The average molecular weight is 391 g/mol. The van der Waals surface area contributed by atoms with Crippen molar-refractivity contribution >= 4 is 23.3 Å². The molecule has 1 aliphatic heterocycles. The Bertz CT molecular complexity index is 953. The highest BCUT2D eigenvalue weighted by Crippen LogP contribution is 2.38. The zero-order valence-corrected chi connectivity index (χ0v) is 16.0. The van der Waals surface area contributed by atoms with E-state index in [9.17, 15) is 14.4 Å². The molecule has 1 saturated heterocycles. The van der Waals surface area contributed by atoms with Crippen LogP contribution in [0.1, 0.15) is 23.2 Å². The highest BCUT2D eigenvalue weighted by Gasteiger charge is 2.47. The molecule has 0 bridgehead atoms. The van der Waals surface area contributed by atoms with Crippen molar-refractivity contribution in [3.63, 3.8) is 0 Å². The van der Waals surface area contributed by atoms with Gasteiger partial charge in [0.25, 0.3) is 0 Å². The summed E-state index contributed by atoms with van der Waals surface area (Å²) in [6.07, 6.45) is 5.11. The maximum Gasteiger partial charge on any atom is 0.238 e. The lowest BCUT2D eigenvalue weighted by atomic mass is 9.85. The van der Waals surface area contributed by atoms with E-state index in [1.54, 1.807) is 55.6 Å². The number of imide groups is 1. The minimum Gasteiger partial charge on any atom is -0.497 e. The molecular weight excluding hydrogens is 370 g/mol. The highest BCUT2D eigenvalue weighted by atomic mass is 16.5. The lowest BCUT2D eigenvalue weighted by Gasteiger charge is -2.16. The highest BCUT2D eigenvalue weighted by molar-refractivity contribution is 6.22. The zero-order valence-electron chi connectivity index (χ0n) is 16.0. The number of fused-ring (bicyclic) bond motifs is 1. The number of carbonyl (C=O) groups is 3. The maximum atomic E-state index is 12.7. The van der Waals surface area contributed by atoms with Crippen LogP contribution < -0.4 is 14.4 Å². The van der Waals surface area contributed by atoms with Crippen LogP contribution in [0.2, 0.25) is 0 Å². The molecule has 0 radical (unpaired) electrons. The van der Waals surface area contributed by atoms with E-state index in [0.29, 0.717) is 35.6 Å². The van der Waals surface area contributed by atoms with Gasteiger partial charge in [-0.15, -0.1) is 0 Å². The second-order valence-electron chi connectivity index (χ2n) is 7.11. The van der Waals surface area contributed by atoms with E-state index in [-0.39, 0.29) is 36.0 Å². The van der Waals surface area contributed by atoms with E-state index in [0.717, 1.165) is 0 Å². The summed E-state index contributed by atoms with van der Waals surface area (Å²) in [5.74, 6) is 0.0152. The number of nitrogens with zero attached hydrogens (tertiary/aromatic N) is 1. The summed E-state index contributed by atoms with van der Waals surface area (Å²) in [5.41, 5.74) is 0.993. The maximum absolute atomic E-state index is 12.7. The number of ketones is 1. The number of anilines is 1. The average Bonchev–Trinajstić information content (AvgIpc) is 3.02. The summed E-state index contributed by atoms with van der Waals surface area (Å²) in [5, 5.41) is 0. The number of hydrogen-bond donors (Lipinski definition) is 0. The number of allylic oxidation sites excluding steroid dienone is 2. The van der Waals surface area contributed by atoms with Crippen molar-refractivity contribution < 1.29 is 23.9 Å². The van der Waals surface area contributed by atoms with E-state index in [4.69, 9.17) is 9.47 Å². The summed E-state index contributed by atoms with van der Waals surface area (Å²) < 4.78 is 10.7. The van der Waals surface area contributed by atoms with Crippen molar-refractivity contribution in [2.75, 3.05) is 18.6 Å². The third-order valence-electron chi connectivity index (χ3n) is 5.37. The smallest absolute Gasteiger partial charge is 0.238 e. The second-order valence-corrected chi connectivity index (χ2v) is 7.11. The van der Waals surface area contributed by atoms with E-state index in [1.807, 2.05) is 12.2 Å². The van der Waals surface area contributed by atoms with Crippen LogP contribution in [0.25, 0.3) is 0 Å². The summed E-state index contributed by atoms with van der Waals surface area (Å²) in [7, 11) is 1.56. The molecule has 2 aromatic carbocycles. The molecule has 0 spiro atoms. The standard InChI is InChI=1S/C23H21NO5/c1-28-17-11-9-15(10-12-17)21(25)14-29-18-6-4-5-16(13-18)24-22(26)19-7-2-3-8-20(19)23(24)27/h2-6,9-13,19-20H,7-8,14H2,1H3/t19-,20+. The van der Waals surface area contributed by atoms with Crippen LogP contribution in [0.5, 0.6) is 11.5 Å². The first-order chi connectivity index (χ1) is 14.1. The van der Waals surface area contributed by atoms with Crippen LogP contribution in [-0.4, -0.2) is 31.3 Å². The first kappa shape index (κ1) is 18.9. The van der Waals surface area contributed by atoms with Gasteiger partial charge in [0, 0.05) is 11.6 Å². The van der Waals surface area contributed by atoms with Gasteiger partial charge in [0.2, 0.25) is 11.8 Å². The van der Waals surface area contributed by atoms with Gasteiger partial charge in [-0.3, -0.25) is 14.4 Å². The fourth-order valence-electron chi connectivity index (χ4n) is 3.78. The Labute approximate surface area is 168 Å². The molecule has 1 fully saturated rings. The molecule has 6 nitrogen and oxygen atoms in total. The van der Waals surface area contributed by atoms with E-state index < -0.39 is 0 Å².